The fourth-order valence-electron chi connectivity index (χ4n) is 1.16. The Bertz CT molecular complexity index is 302. The summed E-state index contributed by atoms with van der Waals surface area (Å²) in [6, 6.07) is 5.62. The van der Waals surface area contributed by atoms with E-state index in [-0.39, 0.29) is 19.3 Å². The fraction of sp³-hybridized carbons (Fsp3) is 0.400. The molecule has 78 valence electrons. The van der Waals surface area contributed by atoms with Crippen LogP contribution in [0.25, 0.3) is 0 Å². The lowest BCUT2D eigenvalue weighted by Crippen LogP contribution is -2.09. The van der Waals surface area contributed by atoms with Gasteiger partial charge in [-0.15, -0.1) is 0 Å². The quantitative estimate of drug-likeness (QED) is 0.868. The molecule has 0 saturated heterocycles. The van der Waals surface area contributed by atoms with Gasteiger partial charge in [0.25, 0.3) is 0 Å². The predicted octanol–water partition coefficient (Wildman–Crippen LogP) is 1.84. The SMILES string of the molecule is C[C@@H](N)c1ccc(Br)cc1OCCO. The molecule has 0 saturated carbocycles. The van der Waals surface area contributed by atoms with Crippen LogP contribution in [0.4, 0.5) is 0 Å². The summed E-state index contributed by atoms with van der Waals surface area (Å²) in [6.07, 6.45) is 0. The average Bonchev–Trinajstić information content (AvgIpc) is 2.14. The van der Waals surface area contributed by atoms with Crippen LogP contribution in [-0.4, -0.2) is 18.3 Å². The molecule has 0 aliphatic rings. The maximum atomic E-state index is 8.66. The van der Waals surface area contributed by atoms with Gasteiger partial charge >= 0.3 is 0 Å². The summed E-state index contributed by atoms with van der Waals surface area (Å²) in [5.41, 5.74) is 6.72. The molecule has 0 fully saturated rings. The lowest BCUT2D eigenvalue weighted by atomic mass is 10.1. The Morgan fingerprint density at radius 1 is 1.57 bits per heavy atom. The number of aliphatic hydroxyl groups excluding tert-OH is 1. The van der Waals surface area contributed by atoms with Crippen LogP contribution >= 0.6 is 15.9 Å². The third-order valence-electron chi connectivity index (χ3n) is 1.82. The molecular weight excluding hydrogens is 246 g/mol. The molecule has 14 heavy (non-hydrogen) atoms. The van der Waals surface area contributed by atoms with Crippen molar-refractivity contribution in [3.8, 4) is 5.75 Å². The second-order valence-corrected chi connectivity index (χ2v) is 3.96. The van der Waals surface area contributed by atoms with Gasteiger partial charge in [-0.1, -0.05) is 22.0 Å². The summed E-state index contributed by atoms with van der Waals surface area (Å²) in [7, 11) is 0. The van der Waals surface area contributed by atoms with Gasteiger partial charge in [0, 0.05) is 16.1 Å². The minimum atomic E-state index is -0.0724. The van der Waals surface area contributed by atoms with E-state index in [1.54, 1.807) is 0 Å². The Labute approximate surface area is 92.0 Å². The minimum absolute atomic E-state index is 0.00487. The molecule has 0 bridgehead atoms. The van der Waals surface area contributed by atoms with E-state index in [0.29, 0.717) is 0 Å². The summed E-state index contributed by atoms with van der Waals surface area (Å²) in [5.74, 6) is 0.725. The maximum absolute atomic E-state index is 8.66. The van der Waals surface area contributed by atoms with Crippen molar-refractivity contribution in [2.75, 3.05) is 13.2 Å². The van der Waals surface area contributed by atoms with Gasteiger partial charge in [-0.3, -0.25) is 0 Å². The van der Waals surface area contributed by atoms with Crippen molar-refractivity contribution < 1.29 is 9.84 Å². The first-order valence-corrected chi connectivity index (χ1v) is 5.23. The van der Waals surface area contributed by atoms with Crippen LogP contribution in [0, 0.1) is 0 Å². The van der Waals surface area contributed by atoms with Gasteiger partial charge in [-0.25, -0.2) is 0 Å². The molecule has 0 unspecified atom stereocenters. The van der Waals surface area contributed by atoms with E-state index in [2.05, 4.69) is 15.9 Å². The average molecular weight is 260 g/mol. The van der Waals surface area contributed by atoms with Gasteiger partial charge in [0.2, 0.25) is 0 Å². The molecule has 1 atom stereocenters. The lowest BCUT2D eigenvalue weighted by molar-refractivity contribution is 0.200. The standard InChI is InChI=1S/C10H14BrNO2/c1-7(12)9-3-2-8(11)6-10(9)14-5-4-13/h2-3,6-7,13H,4-5,12H2,1H3/t7-/m1/s1. The van der Waals surface area contributed by atoms with Crippen LogP contribution in [0.3, 0.4) is 0 Å². The Morgan fingerprint density at radius 3 is 2.86 bits per heavy atom. The number of halogens is 1. The van der Waals surface area contributed by atoms with Crippen LogP contribution in [0.2, 0.25) is 0 Å². The Kier molecular flexibility index (Phi) is 4.38. The predicted molar refractivity (Wildman–Crippen MR) is 59.3 cm³/mol. The monoisotopic (exact) mass is 259 g/mol. The fourth-order valence-corrected chi connectivity index (χ4v) is 1.51. The lowest BCUT2D eigenvalue weighted by Gasteiger charge is -2.13. The van der Waals surface area contributed by atoms with E-state index in [9.17, 15) is 0 Å². The summed E-state index contributed by atoms with van der Waals surface area (Å²) in [6.45, 7) is 2.19. The zero-order valence-corrected chi connectivity index (χ0v) is 9.62. The molecule has 1 aromatic carbocycles. The zero-order valence-electron chi connectivity index (χ0n) is 8.03. The third kappa shape index (κ3) is 2.97. The van der Waals surface area contributed by atoms with Crippen molar-refractivity contribution >= 4 is 15.9 Å². The molecule has 0 aromatic heterocycles. The number of nitrogens with two attached hydrogens (primary N) is 1. The first-order chi connectivity index (χ1) is 6.65. The van der Waals surface area contributed by atoms with Gasteiger partial charge in [-0.05, 0) is 19.1 Å². The molecule has 4 heteroatoms. The van der Waals surface area contributed by atoms with Crippen LogP contribution < -0.4 is 10.5 Å². The van der Waals surface area contributed by atoms with Crippen LogP contribution in [0.15, 0.2) is 22.7 Å². The van der Waals surface area contributed by atoms with Gasteiger partial charge < -0.3 is 15.6 Å². The highest BCUT2D eigenvalue weighted by atomic mass is 79.9. The molecule has 1 aromatic rings. The molecule has 0 heterocycles. The van der Waals surface area contributed by atoms with Crippen molar-refractivity contribution in [2.24, 2.45) is 5.73 Å². The van der Waals surface area contributed by atoms with E-state index < -0.39 is 0 Å². The Balaban J connectivity index is 2.91. The highest BCUT2D eigenvalue weighted by molar-refractivity contribution is 9.10. The normalized spacial score (nSPS) is 12.6. The minimum Gasteiger partial charge on any atom is -0.491 e. The van der Waals surface area contributed by atoms with E-state index in [1.165, 1.54) is 0 Å². The molecular formula is C10H14BrNO2. The molecule has 0 aliphatic heterocycles. The smallest absolute Gasteiger partial charge is 0.125 e. The molecule has 0 amide bonds. The summed E-state index contributed by atoms with van der Waals surface area (Å²) < 4.78 is 6.31. The Hall–Kier alpha value is -0.580. The zero-order chi connectivity index (χ0) is 10.6. The van der Waals surface area contributed by atoms with Gasteiger partial charge in [0.1, 0.15) is 12.4 Å². The van der Waals surface area contributed by atoms with E-state index in [0.717, 1.165) is 15.8 Å². The van der Waals surface area contributed by atoms with Crippen molar-refractivity contribution in [2.45, 2.75) is 13.0 Å². The second-order valence-electron chi connectivity index (χ2n) is 3.04. The van der Waals surface area contributed by atoms with E-state index in [1.807, 2.05) is 25.1 Å². The van der Waals surface area contributed by atoms with Crippen molar-refractivity contribution in [1.82, 2.24) is 0 Å². The van der Waals surface area contributed by atoms with Crippen molar-refractivity contribution in [1.29, 1.82) is 0 Å². The third-order valence-corrected chi connectivity index (χ3v) is 2.31. The molecule has 3 N–H and O–H groups in total. The maximum Gasteiger partial charge on any atom is 0.125 e. The Morgan fingerprint density at radius 2 is 2.29 bits per heavy atom. The highest BCUT2D eigenvalue weighted by Gasteiger charge is 2.08. The van der Waals surface area contributed by atoms with Gasteiger partial charge in [-0.2, -0.15) is 0 Å². The van der Waals surface area contributed by atoms with Gasteiger partial charge in [0.05, 0.1) is 6.61 Å². The van der Waals surface area contributed by atoms with Crippen LogP contribution in [-0.2, 0) is 0 Å². The van der Waals surface area contributed by atoms with Crippen LogP contribution in [0.5, 0.6) is 5.75 Å². The first kappa shape index (κ1) is 11.5. The molecule has 1 rings (SSSR count). The van der Waals surface area contributed by atoms with E-state index in [4.69, 9.17) is 15.6 Å². The van der Waals surface area contributed by atoms with Crippen molar-refractivity contribution in [3.63, 3.8) is 0 Å². The number of ether oxygens (including phenoxy) is 1. The molecule has 0 aliphatic carbocycles. The highest BCUT2D eigenvalue weighted by Crippen LogP contribution is 2.27. The number of rotatable bonds is 4. The van der Waals surface area contributed by atoms with E-state index >= 15 is 0 Å². The number of aliphatic hydroxyl groups is 1. The summed E-state index contributed by atoms with van der Waals surface area (Å²) in [4.78, 5) is 0. The molecule has 0 radical (unpaired) electrons. The number of hydrogen-bond donors (Lipinski definition) is 2. The number of hydrogen-bond acceptors (Lipinski definition) is 3. The first-order valence-electron chi connectivity index (χ1n) is 4.44. The second kappa shape index (κ2) is 5.34. The topological polar surface area (TPSA) is 55.5 Å². The number of benzene rings is 1. The summed E-state index contributed by atoms with van der Waals surface area (Å²) in [5, 5.41) is 8.66. The summed E-state index contributed by atoms with van der Waals surface area (Å²) >= 11 is 3.35. The van der Waals surface area contributed by atoms with Crippen molar-refractivity contribution in [3.05, 3.63) is 28.2 Å². The van der Waals surface area contributed by atoms with Crippen LogP contribution in [0.1, 0.15) is 18.5 Å². The molecule has 3 nitrogen and oxygen atoms in total. The largest absolute Gasteiger partial charge is 0.491 e. The van der Waals surface area contributed by atoms with Gasteiger partial charge in [0.15, 0.2) is 0 Å². The molecule has 0 spiro atoms.